The van der Waals surface area contributed by atoms with Crippen molar-refractivity contribution in [1.29, 1.82) is 0 Å². The van der Waals surface area contributed by atoms with E-state index in [1.165, 1.54) is 0 Å². The lowest BCUT2D eigenvalue weighted by Gasteiger charge is -2.47. The largest absolute Gasteiger partial charge is 0.347 e. The monoisotopic (exact) mass is 331 g/mol. The molecule has 2 aliphatic rings. The summed E-state index contributed by atoms with van der Waals surface area (Å²) in [7, 11) is 0. The molecule has 0 amide bonds. The third-order valence-electron chi connectivity index (χ3n) is 5.43. The van der Waals surface area contributed by atoms with Gasteiger partial charge in [-0.1, -0.05) is 20.8 Å². The van der Waals surface area contributed by atoms with E-state index in [1.54, 1.807) is 0 Å². The highest BCUT2D eigenvalue weighted by Crippen LogP contribution is 2.30. The number of hydrogen-bond acceptors (Lipinski definition) is 8. The van der Waals surface area contributed by atoms with E-state index in [4.69, 9.17) is 42.9 Å². The Labute approximate surface area is 138 Å². The van der Waals surface area contributed by atoms with Gasteiger partial charge in [-0.25, -0.2) is 0 Å². The van der Waals surface area contributed by atoms with Crippen molar-refractivity contribution in [2.75, 3.05) is 6.54 Å². The number of hydrogen-bond donors (Lipinski definition) is 5. The molecule has 2 aliphatic heterocycles. The summed E-state index contributed by atoms with van der Waals surface area (Å²) in [6.07, 6.45) is -0.747. The zero-order valence-corrected chi connectivity index (χ0v) is 14.3. The molecule has 0 spiro atoms. The summed E-state index contributed by atoms with van der Waals surface area (Å²) in [6.45, 7) is 6.42. The zero-order valence-electron chi connectivity index (χ0n) is 14.3. The molecular formula is C15H33N5O3. The van der Waals surface area contributed by atoms with Crippen molar-refractivity contribution < 1.29 is 14.2 Å². The Balaban J connectivity index is 2.07. The zero-order chi connectivity index (χ0) is 17.3. The van der Waals surface area contributed by atoms with Gasteiger partial charge in [0.2, 0.25) is 0 Å². The molecule has 0 radical (unpaired) electrons. The number of ether oxygens (including phenoxy) is 3. The normalized spacial score (nSPS) is 51.7. The van der Waals surface area contributed by atoms with Crippen molar-refractivity contribution in [3.63, 3.8) is 0 Å². The number of nitrogens with two attached hydrogens (primary N) is 5. The molecule has 0 aromatic rings. The second kappa shape index (κ2) is 7.71. The summed E-state index contributed by atoms with van der Waals surface area (Å²) < 4.78 is 17.8. The van der Waals surface area contributed by atoms with Crippen LogP contribution in [0, 0.1) is 11.8 Å². The smallest absolute Gasteiger partial charge is 0.177 e. The molecule has 10 N–H and O–H groups in total. The first-order valence-corrected chi connectivity index (χ1v) is 8.50. The van der Waals surface area contributed by atoms with Gasteiger partial charge in [-0.05, 0) is 12.3 Å². The quantitative estimate of drug-likeness (QED) is 0.412. The lowest BCUT2D eigenvalue weighted by Crippen LogP contribution is -2.67. The maximum Gasteiger partial charge on any atom is 0.177 e. The van der Waals surface area contributed by atoms with E-state index in [0.29, 0.717) is 6.54 Å². The maximum absolute atomic E-state index is 6.22. The van der Waals surface area contributed by atoms with Crippen molar-refractivity contribution in [3.05, 3.63) is 0 Å². The summed E-state index contributed by atoms with van der Waals surface area (Å²) in [5.41, 5.74) is 30.5. The Hall–Kier alpha value is -0.320. The van der Waals surface area contributed by atoms with Crippen LogP contribution in [0.25, 0.3) is 0 Å². The molecule has 23 heavy (non-hydrogen) atoms. The molecule has 2 fully saturated rings. The number of rotatable bonds is 4. The van der Waals surface area contributed by atoms with Crippen LogP contribution in [-0.4, -0.2) is 55.5 Å². The van der Waals surface area contributed by atoms with E-state index in [1.807, 2.05) is 20.8 Å². The van der Waals surface area contributed by atoms with E-state index in [9.17, 15) is 0 Å². The third kappa shape index (κ3) is 3.69. The Morgan fingerprint density at radius 2 is 1.22 bits per heavy atom. The molecule has 10 atom stereocenters. The Bertz CT molecular complexity index is 350. The van der Waals surface area contributed by atoms with E-state index in [2.05, 4.69) is 0 Å². The first-order chi connectivity index (χ1) is 10.8. The summed E-state index contributed by atoms with van der Waals surface area (Å²) in [5.74, 6) is 0.219. The summed E-state index contributed by atoms with van der Waals surface area (Å²) in [6, 6.07) is -1.40. The lowest BCUT2D eigenvalue weighted by molar-refractivity contribution is -0.312. The van der Waals surface area contributed by atoms with Gasteiger partial charge in [0.25, 0.3) is 0 Å². The van der Waals surface area contributed by atoms with Gasteiger partial charge in [-0.3, -0.25) is 0 Å². The van der Waals surface area contributed by atoms with E-state index in [0.717, 1.165) is 6.42 Å². The van der Waals surface area contributed by atoms with Crippen LogP contribution in [0.2, 0.25) is 0 Å². The SMILES string of the molecule is CCC1OC(OC2OC(CN)C(C)C(N)C2N)C(N)C(N)C1C. The van der Waals surface area contributed by atoms with Crippen LogP contribution in [0.1, 0.15) is 27.2 Å². The van der Waals surface area contributed by atoms with Crippen molar-refractivity contribution in [1.82, 2.24) is 0 Å². The average molecular weight is 331 g/mol. The summed E-state index contributed by atoms with van der Waals surface area (Å²) in [5, 5.41) is 0. The van der Waals surface area contributed by atoms with Crippen LogP contribution in [0.5, 0.6) is 0 Å². The average Bonchev–Trinajstić information content (AvgIpc) is 2.55. The van der Waals surface area contributed by atoms with Gasteiger partial charge in [-0.2, -0.15) is 0 Å². The topological polar surface area (TPSA) is 158 Å². The minimum absolute atomic E-state index is 0.00693. The second-order valence-electron chi connectivity index (χ2n) is 6.89. The highest BCUT2D eigenvalue weighted by atomic mass is 16.8. The standard InChI is InChI=1S/C15H33N5O3/c1-4-8-6(2)10(17)12(19)14(21-8)23-15-13(20)11(18)7(3)9(5-16)22-15/h6-15H,4-5,16-20H2,1-3H3. The molecule has 0 aliphatic carbocycles. The van der Waals surface area contributed by atoms with Crippen molar-refractivity contribution in [3.8, 4) is 0 Å². The van der Waals surface area contributed by atoms with E-state index in [-0.39, 0.29) is 36.1 Å². The van der Waals surface area contributed by atoms with Crippen molar-refractivity contribution in [2.45, 2.75) is 76.1 Å². The Kier molecular flexibility index (Phi) is 6.37. The summed E-state index contributed by atoms with van der Waals surface area (Å²) in [4.78, 5) is 0. The fraction of sp³-hybridized carbons (Fsp3) is 1.00. The van der Waals surface area contributed by atoms with Gasteiger partial charge in [0.1, 0.15) is 0 Å². The fourth-order valence-electron chi connectivity index (χ4n) is 3.45. The molecule has 0 saturated carbocycles. The first kappa shape index (κ1) is 19.0. The second-order valence-corrected chi connectivity index (χ2v) is 6.89. The maximum atomic E-state index is 6.22. The predicted octanol–water partition coefficient (Wildman–Crippen LogP) is -1.60. The molecule has 2 rings (SSSR count). The van der Waals surface area contributed by atoms with Crippen LogP contribution >= 0.6 is 0 Å². The highest BCUT2D eigenvalue weighted by molar-refractivity contribution is 4.95. The Morgan fingerprint density at radius 1 is 0.783 bits per heavy atom. The van der Waals surface area contributed by atoms with Gasteiger partial charge in [-0.15, -0.1) is 0 Å². The minimum atomic E-state index is -0.705. The van der Waals surface area contributed by atoms with Gasteiger partial charge >= 0.3 is 0 Å². The molecular weight excluding hydrogens is 298 g/mol. The van der Waals surface area contributed by atoms with Crippen LogP contribution in [-0.2, 0) is 14.2 Å². The molecule has 0 aromatic heterocycles. The molecule has 136 valence electrons. The minimum Gasteiger partial charge on any atom is -0.347 e. The van der Waals surface area contributed by atoms with Gasteiger partial charge < -0.3 is 42.9 Å². The van der Waals surface area contributed by atoms with Crippen molar-refractivity contribution >= 4 is 0 Å². The van der Waals surface area contributed by atoms with Crippen LogP contribution < -0.4 is 28.7 Å². The van der Waals surface area contributed by atoms with E-state index < -0.39 is 24.7 Å². The molecule has 2 saturated heterocycles. The van der Waals surface area contributed by atoms with Gasteiger partial charge in [0, 0.05) is 24.5 Å². The van der Waals surface area contributed by atoms with E-state index >= 15 is 0 Å². The molecule has 2 heterocycles. The van der Waals surface area contributed by atoms with Gasteiger partial charge in [0.05, 0.1) is 24.3 Å². The third-order valence-corrected chi connectivity index (χ3v) is 5.43. The summed E-state index contributed by atoms with van der Waals surface area (Å²) >= 11 is 0. The predicted molar refractivity (Wildman–Crippen MR) is 88.0 cm³/mol. The molecule has 0 aromatic carbocycles. The lowest BCUT2D eigenvalue weighted by atomic mass is 9.86. The van der Waals surface area contributed by atoms with Crippen molar-refractivity contribution in [2.24, 2.45) is 40.5 Å². The first-order valence-electron chi connectivity index (χ1n) is 8.50. The van der Waals surface area contributed by atoms with Gasteiger partial charge in [0.15, 0.2) is 12.6 Å². The fourth-order valence-corrected chi connectivity index (χ4v) is 3.45. The highest BCUT2D eigenvalue weighted by Gasteiger charge is 2.45. The van der Waals surface area contributed by atoms with Crippen LogP contribution in [0.3, 0.4) is 0 Å². The van der Waals surface area contributed by atoms with Crippen LogP contribution in [0.15, 0.2) is 0 Å². The molecule has 10 unspecified atom stereocenters. The Morgan fingerprint density at radius 3 is 1.65 bits per heavy atom. The molecule has 0 bridgehead atoms. The molecule has 8 nitrogen and oxygen atoms in total. The van der Waals surface area contributed by atoms with Crippen LogP contribution in [0.4, 0.5) is 0 Å². The molecule has 8 heteroatoms.